The Bertz CT molecular complexity index is 945. The Hall–Kier alpha value is -2.60. The number of carbonyl (C=O) groups is 2. The summed E-state index contributed by atoms with van der Waals surface area (Å²) in [4.78, 5) is 31.8. The van der Waals surface area contributed by atoms with E-state index < -0.39 is 0 Å². The molecule has 0 radical (unpaired) electrons. The molecule has 6 heteroatoms. The van der Waals surface area contributed by atoms with E-state index in [4.69, 9.17) is 0 Å². The molecule has 0 aliphatic carbocycles. The lowest BCUT2D eigenvalue weighted by Crippen LogP contribution is -2.17. The molecule has 0 saturated heterocycles. The van der Waals surface area contributed by atoms with Gasteiger partial charge in [-0.05, 0) is 48.9 Å². The van der Waals surface area contributed by atoms with Gasteiger partial charge in [-0.3, -0.25) is 9.59 Å². The molecular weight excluding hydrogens is 346 g/mol. The van der Waals surface area contributed by atoms with Crippen LogP contribution in [0.4, 0.5) is 5.69 Å². The average molecular weight is 367 g/mol. The highest BCUT2D eigenvalue weighted by Gasteiger charge is 2.11. The molecule has 1 heterocycles. The van der Waals surface area contributed by atoms with Crippen molar-refractivity contribution in [3.63, 3.8) is 0 Å². The molecule has 26 heavy (non-hydrogen) atoms. The highest BCUT2D eigenvalue weighted by molar-refractivity contribution is 7.99. The number of benzene rings is 2. The van der Waals surface area contributed by atoms with Crippen molar-refractivity contribution in [1.29, 1.82) is 0 Å². The summed E-state index contributed by atoms with van der Waals surface area (Å²) < 4.78 is 0. The molecule has 0 spiro atoms. The minimum atomic E-state index is -0.0831. The molecule has 3 rings (SSSR count). The summed E-state index contributed by atoms with van der Waals surface area (Å²) in [6, 6.07) is 13.0. The molecule has 0 saturated carbocycles. The predicted octanol–water partition coefficient (Wildman–Crippen LogP) is 4.44. The third-order valence-electron chi connectivity index (χ3n) is 3.95. The lowest BCUT2D eigenvalue weighted by atomic mass is 10.1. The fourth-order valence-corrected chi connectivity index (χ4v) is 3.19. The number of aryl methyl sites for hydroxylation is 1. The van der Waals surface area contributed by atoms with Crippen molar-refractivity contribution in [3.8, 4) is 0 Å². The van der Waals surface area contributed by atoms with Gasteiger partial charge in [0.1, 0.15) is 0 Å². The van der Waals surface area contributed by atoms with E-state index in [1.807, 2.05) is 39.0 Å². The number of aromatic nitrogens is 2. The van der Waals surface area contributed by atoms with Crippen LogP contribution in [0.5, 0.6) is 0 Å². The number of nitrogens with zero attached hydrogens (tertiary/aromatic N) is 1. The van der Waals surface area contributed by atoms with Crippen molar-refractivity contribution < 1.29 is 9.59 Å². The Morgan fingerprint density at radius 1 is 1.15 bits per heavy atom. The standard InChI is InChI=1S/C20H21N3O2S/c1-12(2)19(25)21-15-7-5-14(6-8-15)18(24)11-26-20-22-16-9-4-13(3)10-17(16)23-20/h4-10,12H,11H2,1-3H3,(H,21,25)(H,22,23). The summed E-state index contributed by atoms with van der Waals surface area (Å²) in [5, 5.41) is 3.55. The van der Waals surface area contributed by atoms with Crippen LogP contribution in [0, 0.1) is 12.8 Å². The van der Waals surface area contributed by atoms with Crippen molar-refractivity contribution in [2.75, 3.05) is 11.1 Å². The number of aromatic amines is 1. The van der Waals surface area contributed by atoms with E-state index in [0.717, 1.165) is 16.2 Å². The summed E-state index contributed by atoms with van der Waals surface area (Å²) >= 11 is 1.39. The van der Waals surface area contributed by atoms with Gasteiger partial charge in [0.25, 0.3) is 0 Å². The predicted molar refractivity (Wildman–Crippen MR) is 106 cm³/mol. The third kappa shape index (κ3) is 4.32. The van der Waals surface area contributed by atoms with Crippen molar-refractivity contribution >= 4 is 40.2 Å². The van der Waals surface area contributed by atoms with Gasteiger partial charge in [0.2, 0.25) is 5.91 Å². The normalized spacial score (nSPS) is 11.1. The summed E-state index contributed by atoms with van der Waals surface area (Å²) in [5.41, 5.74) is 4.35. The Kier molecular flexibility index (Phi) is 5.42. The monoisotopic (exact) mass is 367 g/mol. The first kappa shape index (κ1) is 18.2. The second-order valence-electron chi connectivity index (χ2n) is 6.50. The quantitative estimate of drug-likeness (QED) is 0.499. The third-order valence-corrected chi connectivity index (χ3v) is 4.83. The number of rotatable bonds is 6. The van der Waals surface area contributed by atoms with E-state index in [9.17, 15) is 9.59 Å². The zero-order valence-electron chi connectivity index (χ0n) is 15.0. The summed E-state index contributed by atoms with van der Waals surface area (Å²) in [5.74, 6) is 0.199. The maximum atomic E-state index is 12.4. The lowest BCUT2D eigenvalue weighted by molar-refractivity contribution is -0.118. The molecule has 3 aromatic rings. The second-order valence-corrected chi connectivity index (χ2v) is 7.46. The molecule has 0 aliphatic rings. The van der Waals surface area contributed by atoms with Gasteiger partial charge in [-0.25, -0.2) is 4.98 Å². The van der Waals surface area contributed by atoms with E-state index in [2.05, 4.69) is 15.3 Å². The van der Waals surface area contributed by atoms with E-state index in [-0.39, 0.29) is 17.6 Å². The second kappa shape index (κ2) is 7.74. The summed E-state index contributed by atoms with van der Waals surface area (Å²) in [7, 11) is 0. The number of imidazole rings is 1. The van der Waals surface area contributed by atoms with E-state index >= 15 is 0 Å². The van der Waals surface area contributed by atoms with Crippen molar-refractivity contribution in [2.24, 2.45) is 5.92 Å². The number of thioether (sulfide) groups is 1. The summed E-state index contributed by atoms with van der Waals surface area (Å²) in [6.45, 7) is 5.71. The molecular formula is C20H21N3O2S. The molecule has 0 aliphatic heterocycles. The number of nitrogens with one attached hydrogen (secondary N) is 2. The Balaban J connectivity index is 1.61. The van der Waals surface area contributed by atoms with E-state index in [0.29, 0.717) is 17.0 Å². The Morgan fingerprint density at radius 2 is 1.88 bits per heavy atom. The first-order valence-electron chi connectivity index (χ1n) is 8.45. The average Bonchev–Trinajstić information content (AvgIpc) is 3.02. The smallest absolute Gasteiger partial charge is 0.226 e. The van der Waals surface area contributed by atoms with Crippen LogP contribution in [-0.2, 0) is 4.79 Å². The molecule has 0 fully saturated rings. The first-order valence-corrected chi connectivity index (χ1v) is 9.44. The maximum absolute atomic E-state index is 12.4. The number of H-pyrrole nitrogens is 1. The van der Waals surface area contributed by atoms with Gasteiger partial charge < -0.3 is 10.3 Å². The molecule has 2 aromatic carbocycles. The van der Waals surface area contributed by atoms with Crippen LogP contribution in [0.25, 0.3) is 11.0 Å². The number of fused-ring (bicyclic) bond motifs is 1. The highest BCUT2D eigenvalue weighted by atomic mass is 32.2. The number of hydrogen-bond donors (Lipinski definition) is 2. The van der Waals surface area contributed by atoms with Gasteiger partial charge in [-0.2, -0.15) is 0 Å². The molecule has 0 atom stereocenters. The fourth-order valence-electron chi connectivity index (χ4n) is 2.41. The molecule has 1 amide bonds. The number of anilines is 1. The van der Waals surface area contributed by atoms with Crippen molar-refractivity contribution in [1.82, 2.24) is 9.97 Å². The highest BCUT2D eigenvalue weighted by Crippen LogP contribution is 2.21. The van der Waals surface area contributed by atoms with Crippen LogP contribution in [0.2, 0.25) is 0 Å². The minimum Gasteiger partial charge on any atom is -0.333 e. The number of hydrogen-bond acceptors (Lipinski definition) is 4. The minimum absolute atomic E-state index is 0.0216. The molecule has 5 nitrogen and oxygen atoms in total. The number of ketones is 1. The zero-order chi connectivity index (χ0) is 18.7. The molecule has 0 unspecified atom stereocenters. The topological polar surface area (TPSA) is 74.8 Å². The zero-order valence-corrected chi connectivity index (χ0v) is 15.8. The van der Waals surface area contributed by atoms with Crippen LogP contribution in [0.3, 0.4) is 0 Å². The Labute approximate surface area is 156 Å². The Morgan fingerprint density at radius 3 is 2.58 bits per heavy atom. The van der Waals surface area contributed by atoms with Crippen LogP contribution in [0.15, 0.2) is 47.6 Å². The van der Waals surface area contributed by atoms with Gasteiger partial charge in [0.15, 0.2) is 10.9 Å². The van der Waals surface area contributed by atoms with Crippen LogP contribution in [-0.4, -0.2) is 27.4 Å². The maximum Gasteiger partial charge on any atom is 0.226 e. The van der Waals surface area contributed by atoms with Crippen molar-refractivity contribution in [3.05, 3.63) is 53.6 Å². The van der Waals surface area contributed by atoms with E-state index in [1.54, 1.807) is 24.3 Å². The first-order chi connectivity index (χ1) is 12.4. The SMILES string of the molecule is Cc1ccc2nc(SCC(=O)c3ccc(NC(=O)C(C)C)cc3)[nH]c2c1. The number of carbonyl (C=O) groups excluding carboxylic acids is 2. The van der Waals surface area contributed by atoms with Gasteiger partial charge >= 0.3 is 0 Å². The largest absolute Gasteiger partial charge is 0.333 e. The van der Waals surface area contributed by atoms with Gasteiger partial charge in [0.05, 0.1) is 16.8 Å². The van der Waals surface area contributed by atoms with Crippen molar-refractivity contribution in [2.45, 2.75) is 25.9 Å². The lowest BCUT2D eigenvalue weighted by Gasteiger charge is -2.08. The van der Waals surface area contributed by atoms with Gasteiger partial charge in [-0.15, -0.1) is 0 Å². The van der Waals surface area contributed by atoms with Crippen LogP contribution < -0.4 is 5.32 Å². The van der Waals surface area contributed by atoms with Crippen LogP contribution in [0.1, 0.15) is 29.8 Å². The molecule has 2 N–H and O–H groups in total. The summed E-state index contributed by atoms with van der Waals surface area (Å²) in [6.07, 6.45) is 0. The fraction of sp³-hybridized carbons (Fsp3) is 0.250. The van der Waals surface area contributed by atoms with Crippen LogP contribution >= 0.6 is 11.8 Å². The molecule has 134 valence electrons. The van der Waals surface area contributed by atoms with Gasteiger partial charge in [-0.1, -0.05) is 31.7 Å². The number of amides is 1. The van der Waals surface area contributed by atoms with Gasteiger partial charge in [0, 0.05) is 17.2 Å². The van der Waals surface area contributed by atoms with E-state index in [1.165, 1.54) is 17.3 Å². The molecule has 0 bridgehead atoms. The number of Topliss-reactive ketones (excluding diaryl/α,β-unsaturated/α-hetero) is 1. The molecule has 1 aromatic heterocycles.